The zero-order valence-electron chi connectivity index (χ0n) is 16.8. The normalized spacial score (nSPS) is 15.2. The molecule has 5 heteroatoms. The molecule has 1 fully saturated rings. The number of carbonyl (C=O) groups is 1. The molecule has 0 spiro atoms. The van der Waals surface area contributed by atoms with Gasteiger partial charge in [-0.2, -0.15) is 0 Å². The van der Waals surface area contributed by atoms with Crippen LogP contribution < -0.4 is 14.8 Å². The predicted octanol–water partition coefficient (Wildman–Crippen LogP) is 3.76. The minimum atomic E-state index is -0.528. The summed E-state index contributed by atoms with van der Waals surface area (Å²) < 4.78 is 11.1. The number of hydrogen-bond acceptors (Lipinski definition) is 4. The third kappa shape index (κ3) is 5.73. The van der Waals surface area contributed by atoms with E-state index in [-0.39, 0.29) is 5.91 Å². The van der Waals surface area contributed by atoms with Crippen LogP contribution in [0.2, 0.25) is 0 Å². The Morgan fingerprint density at radius 3 is 2.54 bits per heavy atom. The molecule has 0 aromatic heterocycles. The van der Waals surface area contributed by atoms with Crippen LogP contribution in [0.25, 0.3) is 0 Å². The van der Waals surface area contributed by atoms with Crippen LogP contribution in [0.1, 0.15) is 37.3 Å². The topological polar surface area (TPSA) is 50.8 Å². The maximum Gasteiger partial charge on any atom is 0.261 e. The van der Waals surface area contributed by atoms with Gasteiger partial charge in [0.2, 0.25) is 0 Å². The first kappa shape index (κ1) is 20.2. The fourth-order valence-corrected chi connectivity index (χ4v) is 3.50. The van der Waals surface area contributed by atoms with E-state index in [0.717, 1.165) is 12.1 Å². The minimum absolute atomic E-state index is 0.102. The number of nitrogens with zero attached hydrogens (tertiary/aromatic N) is 1. The number of likely N-dealkylation sites (tertiary alicyclic amines) is 1. The molecule has 0 saturated carbocycles. The first-order valence-electron chi connectivity index (χ1n) is 10.1. The van der Waals surface area contributed by atoms with Gasteiger partial charge in [0, 0.05) is 19.2 Å². The number of ether oxygens (including phenoxy) is 2. The van der Waals surface area contributed by atoms with Crippen molar-refractivity contribution in [1.29, 1.82) is 0 Å². The van der Waals surface area contributed by atoms with Crippen molar-refractivity contribution in [2.24, 2.45) is 0 Å². The molecule has 5 nitrogen and oxygen atoms in total. The summed E-state index contributed by atoms with van der Waals surface area (Å²) in [5, 5.41) is 3.01. The quantitative estimate of drug-likeness (QED) is 0.717. The van der Waals surface area contributed by atoms with Crippen molar-refractivity contribution in [3.63, 3.8) is 0 Å². The lowest BCUT2D eigenvalue weighted by molar-refractivity contribution is -0.128. The standard InChI is InChI=1S/C23H30N2O3/c1-3-22(28-21-11-7-10-20(15-21)27-2)23(26)24-16-18-8-6-9-19(14-18)17-25-12-4-5-13-25/h6-11,14-15,22H,3-5,12-13,16-17H2,1-2H3,(H,24,26)/t22-/m1/s1. The molecule has 0 aliphatic carbocycles. The van der Waals surface area contributed by atoms with Crippen molar-refractivity contribution >= 4 is 5.91 Å². The molecule has 1 heterocycles. The smallest absolute Gasteiger partial charge is 0.261 e. The van der Waals surface area contributed by atoms with Crippen LogP contribution in [0.3, 0.4) is 0 Å². The van der Waals surface area contributed by atoms with Crippen molar-refractivity contribution in [3.8, 4) is 11.5 Å². The lowest BCUT2D eigenvalue weighted by Gasteiger charge is -2.18. The first-order chi connectivity index (χ1) is 13.7. The molecular weight excluding hydrogens is 352 g/mol. The Hall–Kier alpha value is -2.53. The van der Waals surface area contributed by atoms with Gasteiger partial charge in [0.1, 0.15) is 11.5 Å². The number of methoxy groups -OCH3 is 1. The summed E-state index contributed by atoms with van der Waals surface area (Å²) in [4.78, 5) is 15.1. The number of rotatable bonds is 9. The molecule has 0 unspecified atom stereocenters. The number of nitrogens with one attached hydrogen (secondary N) is 1. The Morgan fingerprint density at radius 1 is 1.07 bits per heavy atom. The average Bonchev–Trinajstić information content (AvgIpc) is 3.23. The van der Waals surface area contributed by atoms with Crippen molar-refractivity contribution in [3.05, 3.63) is 59.7 Å². The molecule has 150 valence electrons. The van der Waals surface area contributed by atoms with Gasteiger partial charge in [-0.1, -0.05) is 37.3 Å². The summed E-state index contributed by atoms with van der Waals surface area (Å²) in [6, 6.07) is 15.8. The summed E-state index contributed by atoms with van der Waals surface area (Å²) in [6.07, 6.45) is 2.65. The van der Waals surface area contributed by atoms with Gasteiger partial charge in [-0.3, -0.25) is 9.69 Å². The summed E-state index contributed by atoms with van der Waals surface area (Å²) in [7, 11) is 1.61. The van der Waals surface area contributed by atoms with E-state index in [2.05, 4.69) is 34.5 Å². The fourth-order valence-electron chi connectivity index (χ4n) is 3.50. The molecule has 28 heavy (non-hydrogen) atoms. The Morgan fingerprint density at radius 2 is 1.79 bits per heavy atom. The Kier molecular flexibility index (Phi) is 7.31. The molecule has 2 aromatic rings. The van der Waals surface area contributed by atoms with E-state index in [4.69, 9.17) is 9.47 Å². The molecule has 1 saturated heterocycles. The highest BCUT2D eigenvalue weighted by molar-refractivity contribution is 5.81. The van der Waals surface area contributed by atoms with Gasteiger partial charge >= 0.3 is 0 Å². The van der Waals surface area contributed by atoms with Crippen LogP contribution in [0.5, 0.6) is 11.5 Å². The summed E-state index contributed by atoms with van der Waals surface area (Å²) in [6.45, 7) is 5.80. The van der Waals surface area contributed by atoms with Crippen LogP contribution in [-0.4, -0.2) is 37.1 Å². The van der Waals surface area contributed by atoms with Gasteiger partial charge in [0.25, 0.3) is 5.91 Å². The fraction of sp³-hybridized carbons (Fsp3) is 0.435. The van der Waals surface area contributed by atoms with Crippen molar-refractivity contribution in [1.82, 2.24) is 10.2 Å². The Labute approximate surface area is 167 Å². The maximum atomic E-state index is 12.6. The highest BCUT2D eigenvalue weighted by Crippen LogP contribution is 2.21. The van der Waals surface area contributed by atoms with Gasteiger partial charge in [-0.15, -0.1) is 0 Å². The highest BCUT2D eigenvalue weighted by atomic mass is 16.5. The Balaban J connectivity index is 1.54. The molecule has 0 bridgehead atoms. The second-order valence-electron chi connectivity index (χ2n) is 7.21. The molecule has 1 amide bonds. The van der Waals surface area contributed by atoms with Crippen LogP contribution in [0.4, 0.5) is 0 Å². The van der Waals surface area contributed by atoms with Gasteiger partial charge < -0.3 is 14.8 Å². The molecule has 1 atom stereocenters. The van der Waals surface area contributed by atoms with E-state index in [1.807, 2.05) is 25.1 Å². The van der Waals surface area contributed by atoms with E-state index >= 15 is 0 Å². The molecular formula is C23H30N2O3. The van der Waals surface area contributed by atoms with Gasteiger partial charge in [-0.05, 0) is 55.6 Å². The van der Waals surface area contributed by atoms with Gasteiger partial charge in [-0.25, -0.2) is 0 Å². The van der Waals surface area contributed by atoms with Crippen LogP contribution in [0.15, 0.2) is 48.5 Å². The van der Waals surface area contributed by atoms with Crippen molar-refractivity contribution in [2.75, 3.05) is 20.2 Å². The number of amides is 1. The number of hydrogen-bond donors (Lipinski definition) is 1. The first-order valence-corrected chi connectivity index (χ1v) is 10.1. The third-order valence-corrected chi connectivity index (χ3v) is 5.05. The SMILES string of the molecule is CC[C@@H](Oc1cccc(OC)c1)C(=O)NCc1cccc(CN2CCCC2)c1. The lowest BCUT2D eigenvalue weighted by atomic mass is 10.1. The van der Waals surface area contributed by atoms with Crippen LogP contribution in [-0.2, 0) is 17.9 Å². The van der Waals surface area contributed by atoms with Gasteiger partial charge in [0.15, 0.2) is 6.10 Å². The molecule has 1 aliphatic rings. The third-order valence-electron chi connectivity index (χ3n) is 5.05. The zero-order valence-corrected chi connectivity index (χ0v) is 16.8. The monoisotopic (exact) mass is 382 g/mol. The second kappa shape index (κ2) is 10.1. The minimum Gasteiger partial charge on any atom is -0.497 e. The van der Waals surface area contributed by atoms with Crippen LogP contribution in [0, 0.1) is 0 Å². The molecule has 3 rings (SSSR count). The highest BCUT2D eigenvalue weighted by Gasteiger charge is 2.18. The lowest BCUT2D eigenvalue weighted by Crippen LogP contribution is -2.37. The van der Waals surface area contributed by atoms with Gasteiger partial charge in [0.05, 0.1) is 7.11 Å². The van der Waals surface area contributed by atoms with Crippen LogP contribution >= 0.6 is 0 Å². The number of carbonyl (C=O) groups excluding carboxylic acids is 1. The van der Waals surface area contributed by atoms with E-state index in [9.17, 15) is 4.79 Å². The summed E-state index contributed by atoms with van der Waals surface area (Å²) >= 11 is 0. The van der Waals surface area contributed by atoms with E-state index in [0.29, 0.717) is 24.5 Å². The van der Waals surface area contributed by atoms with E-state index < -0.39 is 6.10 Å². The molecule has 1 aliphatic heterocycles. The maximum absolute atomic E-state index is 12.6. The Bertz CT molecular complexity index is 772. The average molecular weight is 383 g/mol. The predicted molar refractivity (Wildman–Crippen MR) is 111 cm³/mol. The van der Waals surface area contributed by atoms with Crippen molar-refractivity contribution < 1.29 is 14.3 Å². The summed E-state index contributed by atoms with van der Waals surface area (Å²) in [5.41, 5.74) is 2.41. The summed E-state index contributed by atoms with van der Waals surface area (Å²) in [5.74, 6) is 1.24. The number of benzene rings is 2. The largest absolute Gasteiger partial charge is 0.497 e. The zero-order chi connectivity index (χ0) is 19.8. The molecule has 2 aromatic carbocycles. The molecule has 1 N–H and O–H groups in total. The second-order valence-corrected chi connectivity index (χ2v) is 7.21. The molecule has 0 radical (unpaired) electrons. The van der Waals surface area contributed by atoms with Crippen molar-refractivity contribution in [2.45, 2.75) is 45.4 Å². The van der Waals surface area contributed by atoms with E-state index in [1.165, 1.54) is 31.5 Å². The van der Waals surface area contributed by atoms with E-state index in [1.54, 1.807) is 13.2 Å².